The van der Waals surface area contributed by atoms with Crippen molar-refractivity contribution in [3.05, 3.63) is 44.6 Å². The molecule has 0 fully saturated rings. The van der Waals surface area contributed by atoms with Gasteiger partial charge in [-0.25, -0.2) is 0 Å². The molecule has 0 spiro atoms. The third kappa shape index (κ3) is 3.15. The van der Waals surface area contributed by atoms with Crippen molar-refractivity contribution in [1.82, 2.24) is 15.0 Å². The van der Waals surface area contributed by atoms with Crippen LogP contribution in [0.15, 0.2) is 23.0 Å². The van der Waals surface area contributed by atoms with Gasteiger partial charge in [0.25, 0.3) is 11.5 Å². The molecule has 160 valence electrons. The molecule has 2 aliphatic rings. The molecule has 31 heavy (non-hydrogen) atoms. The van der Waals surface area contributed by atoms with Gasteiger partial charge in [0.15, 0.2) is 17.2 Å². The van der Waals surface area contributed by atoms with E-state index in [1.54, 1.807) is 32.2 Å². The number of hydrogen-bond donors (Lipinski definition) is 0. The molecule has 2 atom stereocenters. The zero-order valence-electron chi connectivity index (χ0n) is 17.5. The lowest BCUT2D eigenvalue weighted by atomic mass is 9.89. The first kappa shape index (κ1) is 19.9. The Labute approximate surface area is 182 Å². The fraction of sp³-hybridized carbons (Fsp3) is 0.409. The van der Waals surface area contributed by atoms with Gasteiger partial charge in [0.1, 0.15) is 11.8 Å². The lowest BCUT2D eigenvalue weighted by Gasteiger charge is -2.26. The van der Waals surface area contributed by atoms with Gasteiger partial charge in [0, 0.05) is 17.5 Å². The van der Waals surface area contributed by atoms with Gasteiger partial charge in [0.05, 0.1) is 11.1 Å². The number of fused-ring (bicyclic) bond motifs is 4. The van der Waals surface area contributed by atoms with E-state index in [0.717, 1.165) is 24.8 Å². The van der Waals surface area contributed by atoms with Gasteiger partial charge < -0.3 is 9.64 Å². The van der Waals surface area contributed by atoms with Crippen molar-refractivity contribution in [2.45, 2.75) is 39.2 Å². The molecule has 1 amide bonds. The summed E-state index contributed by atoms with van der Waals surface area (Å²) >= 11 is 1.54. The van der Waals surface area contributed by atoms with Crippen molar-refractivity contribution in [3.63, 3.8) is 0 Å². The van der Waals surface area contributed by atoms with Gasteiger partial charge in [-0.05, 0) is 55.9 Å². The highest BCUT2D eigenvalue weighted by Gasteiger charge is 2.28. The highest BCUT2D eigenvalue weighted by Crippen LogP contribution is 2.36. The molecule has 5 rings (SSSR count). The molecule has 0 saturated carbocycles. The Kier molecular flexibility index (Phi) is 4.65. The molecule has 3 heterocycles. The molecule has 0 radical (unpaired) electrons. The summed E-state index contributed by atoms with van der Waals surface area (Å²) in [7, 11) is 1.64. The SMILES string of the molecule is CC1CCc2c(sc3nnn(C(C)C(=O)c4ccc5c(c4)N(C)C(=O)CO5)c(=O)c23)C1. The van der Waals surface area contributed by atoms with Crippen LogP contribution in [-0.2, 0) is 17.6 Å². The molecule has 1 aromatic carbocycles. The molecule has 8 nitrogen and oxygen atoms in total. The Morgan fingerprint density at radius 1 is 1.32 bits per heavy atom. The van der Waals surface area contributed by atoms with Crippen LogP contribution < -0.4 is 15.2 Å². The fourth-order valence-electron chi connectivity index (χ4n) is 4.30. The van der Waals surface area contributed by atoms with E-state index in [2.05, 4.69) is 17.2 Å². The van der Waals surface area contributed by atoms with Crippen LogP contribution in [-0.4, -0.2) is 40.3 Å². The standard InChI is InChI=1S/C22H22N4O4S/c1-11-4-6-14-17(8-11)31-21-19(14)22(29)26(24-23-21)12(2)20(28)13-5-7-16-15(9-13)25(3)18(27)10-30-16/h5,7,9,11-12H,4,6,8,10H2,1-3H3. The van der Waals surface area contributed by atoms with Crippen LogP contribution in [0.2, 0.25) is 0 Å². The van der Waals surface area contributed by atoms with Crippen molar-refractivity contribution in [3.8, 4) is 5.75 Å². The van der Waals surface area contributed by atoms with E-state index in [4.69, 9.17) is 4.74 Å². The number of carbonyl (C=O) groups excluding carboxylic acids is 2. The van der Waals surface area contributed by atoms with Gasteiger partial charge in [-0.3, -0.25) is 14.4 Å². The first-order valence-corrected chi connectivity index (χ1v) is 11.1. The van der Waals surface area contributed by atoms with E-state index in [0.29, 0.717) is 33.1 Å². The second kappa shape index (κ2) is 7.26. The molecule has 1 aliphatic carbocycles. The summed E-state index contributed by atoms with van der Waals surface area (Å²) in [5, 5.41) is 8.95. The molecule has 9 heteroatoms. The minimum atomic E-state index is -0.828. The van der Waals surface area contributed by atoms with E-state index in [1.807, 2.05) is 0 Å². The number of nitrogens with zero attached hydrogens (tertiary/aromatic N) is 4. The van der Waals surface area contributed by atoms with Gasteiger partial charge in [-0.1, -0.05) is 12.1 Å². The summed E-state index contributed by atoms with van der Waals surface area (Å²) in [6, 6.07) is 4.11. The predicted octanol–water partition coefficient (Wildman–Crippen LogP) is 2.78. The first-order chi connectivity index (χ1) is 14.8. The topological polar surface area (TPSA) is 94.4 Å². The average Bonchev–Trinajstić information content (AvgIpc) is 3.13. The Bertz CT molecular complexity index is 1290. The number of anilines is 1. The normalized spacial score (nSPS) is 19.0. The van der Waals surface area contributed by atoms with Gasteiger partial charge in [-0.2, -0.15) is 4.68 Å². The summed E-state index contributed by atoms with van der Waals surface area (Å²) < 4.78 is 6.61. The number of ether oxygens (including phenoxy) is 1. The smallest absolute Gasteiger partial charge is 0.279 e. The van der Waals surface area contributed by atoms with Crippen LogP contribution in [0, 0.1) is 5.92 Å². The highest BCUT2D eigenvalue weighted by atomic mass is 32.1. The quantitative estimate of drug-likeness (QED) is 0.584. The second-order valence-electron chi connectivity index (χ2n) is 8.34. The maximum atomic E-state index is 13.3. The molecule has 0 bridgehead atoms. The zero-order chi connectivity index (χ0) is 21.9. The van der Waals surface area contributed by atoms with Crippen molar-refractivity contribution in [2.75, 3.05) is 18.6 Å². The number of rotatable bonds is 3. The third-order valence-corrected chi connectivity index (χ3v) is 7.36. The van der Waals surface area contributed by atoms with E-state index in [9.17, 15) is 14.4 Å². The number of aryl methyl sites for hydroxylation is 1. The molecule has 0 saturated heterocycles. The lowest BCUT2D eigenvalue weighted by molar-refractivity contribution is -0.120. The van der Waals surface area contributed by atoms with E-state index < -0.39 is 6.04 Å². The monoisotopic (exact) mass is 438 g/mol. The minimum Gasteiger partial charge on any atom is -0.482 e. The third-order valence-electron chi connectivity index (χ3n) is 6.22. The number of Topliss-reactive ketones (excluding diaryl/α,β-unsaturated/α-hetero) is 1. The number of carbonyl (C=O) groups is 2. The van der Waals surface area contributed by atoms with Gasteiger partial charge in [-0.15, -0.1) is 16.4 Å². The van der Waals surface area contributed by atoms with Crippen LogP contribution in [0.25, 0.3) is 10.2 Å². The Morgan fingerprint density at radius 2 is 2.13 bits per heavy atom. The summed E-state index contributed by atoms with van der Waals surface area (Å²) in [6.07, 6.45) is 2.84. The number of amides is 1. The molecule has 1 aliphatic heterocycles. The van der Waals surface area contributed by atoms with Crippen LogP contribution >= 0.6 is 11.3 Å². The lowest BCUT2D eigenvalue weighted by Crippen LogP contribution is -2.36. The molecule has 0 N–H and O–H groups in total. The number of benzene rings is 1. The summed E-state index contributed by atoms with van der Waals surface area (Å²) in [6.45, 7) is 3.84. The van der Waals surface area contributed by atoms with Crippen LogP contribution in [0.1, 0.15) is 47.1 Å². The molecule has 2 aromatic heterocycles. The molecular weight excluding hydrogens is 416 g/mol. The Morgan fingerprint density at radius 3 is 2.94 bits per heavy atom. The van der Waals surface area contributed by atoms with Gasteiger partial charge >= 0.3 is 0 Å². The minimum absolute atomic E-state index is 0.0259. The number of thiophene rings is 1. The number of ketones is 1. The van der Waals surface area contributed by atoms with Crippen LogP contribution in [0.4, 0.5) is 5.69 Å². The molecule has 2 unspecified atom stereocenters. The number of likely N-dealkylation sites (N-methyl/N-ethyl adjacent to an activating group) is 1. The highest BCUT2D eigenvalue weighted by molar-refractivity contribution is 7.18. The van der Waals surface area contributed by atoms with Crippen LogP contribution in [0.3, 0.4) is 0 Å². The van der Waals surface area contributed by atoms with E-state index in [-0.39, 0.29) is 23.9 Å². The first-order valence-electron chi connectivity index (χ1n) is 10.3. The van der Waals surface area contributed by atoms with Crippen molar-refractivity contribution < 1.29 is 14.3 Å². The maximum absolute atomic E-state index is 13.3. The average molecular weight is 439 g/mol. The Balaban J connectivity index is 1.53. The van der Waals surface area contributed by atoms with Crippen LogP contribution in [0.5, 0.6) is 5.75 Å². The fourth-order valence-corrected chi connectivity index (χ4v) is 5.62. The van der Waals surface area contributed by atoms with Crippen molar-refractivity contribution in [1.29, 1.82) is 0 Å². The molecule has 3 aromatic rings. The largest absolute Gasteiger partial charge is 0.482 e. The van der Waals surface area contributed by atoms with Gasteiger partial charge in [0.2, 0.25) is 0 Å². The Hall–Kier alpha value is -3.07. The summed E-state index contributed by atoms with van der Waals surface area (Å²) in [5.74, 6) is 0.676. The van der Waals surface area contributed by atoms with Crippen molar-refractivity contribution >= 4 is 38.9 Å². The summed E-state index contributed by atoms with van der Waals surface area (Å²) in [5.41, 5.74) is 1.71. The molecular formula is C22H22N4O4S. The number of hydrogen-bond acceptors (Lipinski definition) is 7. The number of aromatic nitrogens is 3. The second-order valence-corrected chi connectivity index (χ2v) is 9.42. The zero-order valence-corrected chi connectivity index (χ0v) is 18.4. The van der Waals surface area contributed by atoms with Crippen molar-refractivity contribution in [2.24, 2.45) is 5.92 Å². The maximum Gasteiger partial charge on any atom is 0.279 e. The van der Waals surface area contributed by atoms with E-state index in [1.165, 1.54) is 25.8 Å². The van der Waals surface area contributed by atoms with E-state index >= 15 is 0 Å². The summed E-state index contributed by atoms with van der Waals surface area (Å²) in [4.78, 5) is 41.7. The predicted molar refractivity (Wildman–Crippen MR) is 117 cm³/mol.